The van der Waals surface area contributed by atoms with E-state index in [0.717, 1.165) is 38.4 Å². The SMILES string of the molecule is C/C(=N/N1CCN(Cc2ccc(C)cc2)CC1)c1ccc2ccccc2c1. The van der Waals surface area contributed by atoms with Gasteiger partial charge in [0.25, 0.3) is 0 Å². The minimum atomic E-state index is 0.983. The molecule has 0 radical (unpaired) electrons. The molecule has 0 unspecified atom stereocenters. The van der Waals surface area contributed by atoms with Crippen LogP contribution in [0.4, 0.5) is 0 Å². The van der Waals surface area contributed by atoms with E-state index in [0.29, 0.717) is 0 Å². The van der Waals surface area contributed by atoms with Crippen molar-refractivity contribution in [3.63, 3.8) is 0 Å². The number of fused-ring (bicyclic) bond motifs is 1. The van der Waals surface area contributed by atoms with Crippen LogP contribution in [0.15, 0.2) is 71.8 Å². The zero-order valence-electron chi connectivity index (χ0n) is 16.2. The number of nitrogens with zero attached hydrogens (tertiary/aromatic N) is 3. The second kappa shape index (κ2) is 7.93. The summed E-state index contributed by atoms with van der Waals surface area (Å²) >= 11 is 0. The molecule has 27 heavy (non-hydrogen) atoms. The highest BCUT2D eigenvalue weighted by Crippen LogP contribution is 2.17. The maximum Gasteiger partial charge on any atom is 0.0646 e. The van der Waals surface area contributed by atoms with Crippen LogP contribution in [-0.4, -0.2) is 41.8 Å². The molecule has 1 fully saturated rings. The molecule has 0 amide bonds. The zero-order valence-corrected chi connectivity index (χ0v) is 16.2. The average Bonchev–Trinajstić information content (AvgIpc) is 2.71. The normalized spacial score (nSPS) is 16.1. The van der Waals surface area contributed by atoms with Gasteiger partial charge in [0.1, 0.15) is 0 Å². The number of aryl methyl sites for hydroxylation is 1. The van der Waals surface area contributed by atoms with Gasteiger partial charge in [-0.15, -0.1) is 0 Å². The molecule has 3 nitrogen and oxygen atoms in total. The van der Waals surface area contributed by atoms with Crippen molar-refractivity contribution in [1.82, 2.24) is 9.91 Å². The third-order valence-electron chi connectivity index (χ3n) is 5.33. The van der Waals surface area contributed by atoms with Gasteiger partial charge in [-0.3, -0.25) is 9.91 Å². The number of rotatable bonds is 4. The van der Waals surface area contributed by atoms with Gasteiger partial charge >= 0.3 is 0 Å². The summed E-state index contributed by atoms with van der Waals surface area (Å²) in [5, 5.41) is 9.66. The molecule has 138 valence electrons. The summed E-state index contributed by atoms with van der Waals surface area (Å²) in [7, 11) is 0. The van der Waals surface area contributed by atoms with Gasteiger partial charge in [-0.25, -0.2) is 0 Å². The van der Waals surface area contributed by atoms with E-state index < -0.39 is 0 Å². The van der Waals surface area contributed by atoms with Gasteiger partial charge in [0.2, 0.25) is 0 Å². The van der Waals surface area contributed by atoms with E-state index >= 15 is 0 Å². The molecule has 0 spiro atoms. The predicted molar refractivity (Wildman–Crippen MR) is 114 cm³/mol. The first kappa shape index (κ1) is 17.7. The highest BCUT2D eigenvalue weighted by Gasteiger charge is 2.16. The standard InChI is InChI=1S/C24H27N3/c1-19-7-9-21(10-8-19)18-26-13-15-27(16-14-26)25-20(2)23-12-11-22-5-3-4-6-24(22)17-23/h3-12,17H,13-16,18H2,1-2H3/b25-20-. The second-order valence-corrected chi connectivity index (χ2v) is 7.46. The monoisotopic (exact) mass is 357 g/mol. The lowest BCUT2D eigenvalue weighted by molar-refractivity contribution is 0.130. The molecule has 1 saturated heterocycles. The predicted octanol–water partition coefficient (Wildman–Crippen LogP) is 4.69. The summed E-state index contributed by atoms with van der Waals surface area (Å²) in [5.41, 5.74) is 5.01. The van der Waals surface area contributed by atoms with Crippen molar-refractivity contribution in [1.29, 1.82) is 0 Å². The Labute approximate surface area is 161 Å². The number of piperazine rings is 1. The molecular formula is C24H27N3. The first-order chi connectivity index (χ1) is 13.2. The summed E-state index contributed by atoms with van der Waals surface area (Å²) in [5.74, 6) is 0. The molecule has 4 rings (SSSR count). The highest BCUT2D eigenvalue weighted by atomic mass is 15.5. The Hall–Kier alpha value is -2.65. The summed E-state index contributed by atoms with van der Waals surface area (Å²) in [6, 6.07) is 24.0. The van der Waals surface area contributed by atoms with Crippen LogP contribution >= 0.6 is 0 Å². The van der Waals surface area contributed by atoms with Crippen molar-refractivity contribution in [2.24, 2.45) is 5.10 Å². The molecular weight excluding hydrogens is 330 g/mol. The van der Waals surface area contributed by atoms with Crippen LogP contribution in [0.5, 0.6) is 0 Å². The highest BCUT2D eigenvalue weighted by molar-refractivity contribution is 6.01. The van der Waals surface area contributed by atoms with Gasteiger partial charge in [0.05, 0.1) is 5.71 Å². The molecule has 0 saturated carbocycles. The largest absolute Gasteiger partial charge is 0.295 e. The lowest BCUT2D eigenvalue weighted by Crippen LogP contribution is -2.43. The van der Waals surface area contributed by atoms with Crippen LogP contribution in [0.25, 0.3) is 10.8 Å². The minimum absolute atomic E-state index is 0.983. The van der Waals surface area contributed by atoms with Crippen LogP contribution in [0, 0.1) is 6.92 Å². The van der Waals surface area contributed by atoms with Crippen molar-refractivity contribution in [3.05, 3.63) is 83.4 Å². The summed E-state index contributed by atoms with van der Waals surface area (Å²) < 4.78 is 0. The van der Waals surface area contributed by atoms with Gasteiger partial charge < -0.3 is 0 Å². The van der Waals surface area contributed by atoms with E-state index in [1.165, 1.54) is 27.5 Å². The number of benzene rings is 3. The number of hydrogen-bond donors (Lipinski definition) is 0. The van der Waals surface area contributed by atoms with Crippen LogP contribution in [-0.2, 0) is 6.54 Å². The minimum Gasteiger partial charge on any atom is -0.295 e. The van der Waals surface area contributed by atoms with E-state index in [4.69, 9.17) is 5.10 Å². The maximum atomic E-state index is 4.89. The molecule has 3 aromatic rings. The van der Waals surface area contributed by atoms with Crippen LogP contribution in [0.1, 0.15) is 23.6 Å². The third kappa shape index (κ3) is 4.37. The summed E-state index contributed by atoms with van der Waals surface area (Å²) in [6.45, 7) is 9.36. The summed E-state index contributed by atoms with van der Waals surface area (Å²) in [6.07, 6.45) is 0. The lowest BCUT2D eigenvalue weighted by Gasteiger charge is -2.33. The van der Waals surface area contributed by atoms with E-state index in [-0.39, 0.29) is 0 Å². The molecule has 0 N–H and O–H groups in total. The Morgan fingerprint density at radius 1 is 0.852 bits per heavy atom. The molecule has 1 heterocycles. The van der Waals surface area contributed by atoms with E-state index in [9.17, 15) is 0 Å². The fourth-order valence-electron chi connectivity index (χ4n) is 3.63. The quantitative estimate of drug-likeness (QED) is 0.631. The number of hydrogen-bond acceptors (Lipinski definition) is 3. The van der Waals surface area contributed by atoms with Gasteiger partial charge in [-0.1, -0.05) is 66.2 Å². The van der Waals surface area contributed by atoms with Crippen molar-refractivity contribution >= 4 is 16.5 Å². The second-order valence-electron chi connectivity index (χ2n) is 7.46. The third-order valence-corrected chi connectivity index (χ3v) is 5.33. The Balaban J connectivity index is 1.37. The summed E-state index contributed by atoms with van der Waals surface area (Å²) in [4.78, 5) is 2.52. The van der Waals surface area contributed by atoms with Crippen LogP contribution in [0.2, 0.25) is 0 Å². The van der Waals surface area contributed by atoms with Gasteiger partial charge in [0, 0.05) is 32.7 Å². The molecule has 1 aliphatic heterocycles. The van der Waals surface area contributed by atoms with Gasteiger partial charge in [-0.05, 0) is 41.8 Å². The first-order valence-corrected chi connectivity index (χ1v) is 9.75. The maximum absolute atomic E-state index is 4.89. The van der Waals surface area contributed by atoms with Crippen molar-refractivity contribution < 1.29 is 0 Å². The Morgan fingerprint density at radius 2 is 1.56 bits per heavy atom. The molecule has 0 aliphatic carbocycles. The lowest BCUT2D eigenvalue weighted by atomic mass is 10.0. The van der Waals surface area contributed by atoms with Crippen molar-refractivity contribution in [2.75, 3.05) is 26.2 Å². The number of hydrazone groups is 1. The molecule has 3 heteroatoms. The fourth-order valence-corrected chi connectivity index (χ4v) is 3.63. The molecule has 1 aliphatic rings. The molecule has 0 bridgehead atoms. The Morgan fingerprint density at radius 3 is 2.30 bits per heavy atom. The van der Waals surface area contributed by atoms with Crippen LogP contribution in [0.3, 0.4) is 0 Å². The fraction of sp³-hybridized carbons (Fsp3) is 0.292. The van der Waals surface area contributed by atoms with Crippen molar-refractivity contribution in [2.45, 2.75) is 20.4 Å². The molecule has 0 atom stereocenters. The van der Waals surface area contributed by atoms with E-state index in [1.807, 2.05) is 0 Å². The Bertz CT molecular complexity index is 935. The zero-order chi connectivity index (χ0) is 18.6. The Kier molecular flexibility index (Phi) is 5.21. The van der Waals surface area contributed by atoms with Gasteiger partial charge in [-0.2, -0.15) is 5.10 Å². The van der Waals surface area contributed by atoms with E-state index in [1.54, 1.807) is 0 Å². The van der Waals surface area contributed by atoms with Crippen LogP contribution < -0.4 is 0 Å². The van der Waals surface area contributed by atoms with Crippen molar-refractivity contribution in [3.8, 4) is 0 Å². The molecule has 3 aromatic carbocycles. The smallest absolute Gasteiger partial charge is 0.0646 e. The average molecular weight is 358 g/mol. The topological polar surface area (TPSA) is 18.8 Å². The molecule has 0 aromatic heterocycles. The first-order valence-electron chi connectivity index (χ1n) is 9.75. The van der Waals surface area contributed by atoms with Gasteiger partial charge in [0.15, 0.2) is 0 Å². The van der Waals surface area contributed by atoms with E-state index in [2.05, 4.69) is 90.5 Å².